The zero-order chi connectivity index (χ0) is 12.4. The molecule has 0 saturated carbocycles. The van der Waals surface area contributed by atoms with Crippen molar-refractivity contribution in [3.63, 3.8) is 0 Å². The Labute approximate surface area is 112 Å². The van der Waals surface area contributed by atoms with E-state index in [9.17, 15) is 0 Å². The van der Waals surface area contributed by atoms with Crippen LogP contribution in [-0.4, -0.2) is 15.3 Å². The van der Waals surface area contributed by atoms with Crippen LogP contribution in [0.15, 0.2) is 22.8 Å². The van der Waals surface area contributed by atoms with E-state index in [-0.39, 0.29) is 16.5 Å². The average molecular weight is 289 g/mol. The van der Waals surface area contributed by atoms with Gasteiger partial charge in [-0.15, -0.1) is 0 Å². The third-order valence-electron chi connectivity index (χ3n) is 1.91. The summed E-state index contributed by atoms with van der Waals surface area (Å²) in [7, 11) is 0. The molecule has 1 heterocycles. The number of rotatable bonds is 2. The van der Waals surface area contributed by atoms with Gasteiger partial charge in [-0.05, 0) is 28.5 Å². The van der Waals surface area contributed by atoms with Crippen LogP contribution >= 0.6 is 35.4 Å². The van der Waals surface area contributed by atoms with Gasteiger partial charge in [-0.2, -0.15) is 0 Å². The normalized spacial score (nSPS) is 10.2. The molecule has 17 heavy (non-hydrogen) atoms. The van der Waals surface area contributed by atoms with E-state index in [1.165, 1.54) is 0 Å². The zero-order valence-corrected chi connectivity index (χ0v) is 10.6. The lowest BCUT2D eigenvalue weighted by molar-refractivity contribution is 0.308. The second kappa shape index (κ2) is 4.87. The summed E-state index contributed by atoms with van der Waals surface area (Å²) in [6.45, 7) is 0. The summed E-state index contributed by atoms with van der Waals surface area (Å²) in [5, 5.41) is 10.9. The van der Waals surface area contributed by atoms with Crippen LogP contribution in [0.2, 0.25) is 10.0 Å². The number of anilines is 2. The van der Waals surface area contributed by atoms with Gasteiger partial charge in [0.05, 0.1) is 10.7 Å². The van der Waals surface area contributed by atoms with E-state index in [1.54, 1.807) is 18.2 Å². The van der Waals surface area contributed by atoms with E-state index in [1.807, 2.05) is 0 Å². The fourth-order valence-electron chi connectivity index (χ4n) is 1.13. The van der Waals surface area contributed by atoms with Gasteiger partial charge in [0, 0.05) is 5.02 Å². The fourth-order valence-corrected chi connectivity index (χ4v) is 1.72. The van der Waals surface area contributed by atoms with Crippen molar-refractivity contribution in [1.82, 2.24) is 10.3 Å². The Morgan fingerprint density at radius 3 is 2.76 bits per heavy atom. The van der Waals surface area contributed by atoms with Crippen molar-refractivity contribution in [2.45, 2.75) is 0 Å². The first-order chi connectivity index (χ1) is 8.08. The lowest BCUT2D eigenvalue weighted by atomic mass is 10.3. The largest absolute Gasteiger partial charge is 0.379 e. The van der Waals surface area contributed by atoms with Gasteiger partial charge >= 0.3 is 0 Å². The number of nitrogens with zero attached hydrogens (tertiary/aromatic N) is 2. The van der Waals surface area contributed by atoms with Gasteiger partial charge in [0.25, 0.3) is 0 Å². The molecule has 0 radical (unpaired) electrons. The molecule has 0 spiro atoms. The van der Waals surface area contributed by atoms with Crippen molar-refractivity contribution >= 4 is 51.9 Å². The van der Waals surface area contributed by atoms with E-state index >= 15 is 0 Å². The summed E-state index contributed by atoms with van der Waals surface area (Å²) >= 11 is 16.9. The average Bonchev–Trinajstić information content (AvgIpc) is 2.70. The molecule has 0 aliphatic rings. The van der Waals surface area contributed by atoms with Crippen LogP contribution in [0.1, 0.15) is 5.69 Å². The summed E-state index contributed by atoms with van der Waals surface area (Å²) in [4.78, 5) is 0.257. The third kappa shape index (κ3) is 2.66. The predicted molar refractivity (Wildman–Crippen MR) is 70.5 cm³/mol. The molecule has 2 rings (SSSR count). The molecule has 0 aliphatic carbocycles. The quantitative estimate of drug-likeness (QED) is 0.828. The van der Waals surface area contributed by atoms with Gasteiger partial charge in [-0.3, -0.25) is 0 Å². The molecule has 3 N–H and O–H groups in total. The van der Waals surface area contributed by atoms with Gasteiger partial charge in [0.15, 0.2) is 11.5 Å². The standard InChI is InChI=1S/C9H6Cl2N4OS/c10-4-1-2-5(11)6(3-4)13-9(17)7-8(12)15-16-14-7/h1-3H,(H2,12,15)(H,13,17). The first-order valence-corrected chi connectivity index (χ1v) is 5.59. The highest BCUT2D eigenvalue weighted by atomic mass is 35.5. The summed E-state index contributed by atoms with van der Waals surface area (Å²) in [5.41, 5.74) is 6.33. The molecule has 5 nitrogen and oxygen atoms in total. The SMILES string of the molecule is Nc1nonc1C(=S)Nc1cc(Cl)ccc1Cl. The Balaban J connectivity index is 2.24. The van der Waals surface area contributed by atoms with Crippen LogP contribution in [0.5, 0.6) is 0 Å². The molecule has 0 fully saturated rings. The number of halogens is 2. The van der Waals surface area contributed by atoms with Crippen LogP contribution in [0.3, 0.4) is 0 Å². The highest BCUT2D eigenvalue weighted by Crippen LogP contribution is 2.26. The third-order valence-corrected chi connectivity index (χ3v) is 2.77. The van der Waals surface area contributed by atoms with Crippen molar-refractivity contribution in [2.24, 2.45) is 0 Å². The number of hydrogen-bond acceptors (Lipinski definition) is 5. The van der Waals surface area contributed by atoms with Crippen LogP contribution in [0, 0.1) is 0 Å². The van der Waals surface area contributed by atoms with Crippen molar-refractivity contribution in [2.75, 3.05) is 11.1 Å². The van der Waals surface area contributed by atoms with Crippen LogP contribution in [-0.2, 0) is 0 Å². The lowest BCUT2D eigenvalue weighted by Gasteiger charge is -2.07. The molecule has 1 aromatic carbocycles. The Kier molecular flexibility index (Phi) is 3.46. The van der Waals surface area contributed by atoms with Gasteiger partial charge in [0.1, 0.15) is 4.99 Å². The zero-order valence-electron chi connectivity index (χ0n) is 8.28. The molecule has 8 heteroatoms. The minimum absolute atomic E-state index is 0.112. The number of aromatic nitrogens is 2. The number of nitrogens with two attached hydrogens (primary N) is 1. The number of nitrogen functional groups attached to an aromatic ring is 1. The number of thiocarbonyl (C=S) groups is 1. The van der Waals surface area contributed by atoms with Gasteiger partial charge in [-0.25, -0.2) is 4.63 Å². The maximum atomic E-state index is 5.97. The van der Waals surface area contributed by atoms with E-state index < -0.39 is 0 Å². The second-order valence-corrected chi connectivity index (χ2v) is 4.33. The molecule has 0 atom stereocenters. The van der Waals surface area contributed by atoms with E-state index in [0.29, 0.717) is 15.7 Å². The minimum Gasteiger partial charge on any atom is -0.379 e. The molecule has 0 amide bonds. The molecular formula is C9H6Cl2N4OS. The summed E-state index contributed by atoms with van der Waals surface area (Å²) in [6, 6.07) is 4.96. The first-order valence-electron chi connectivity index (χ1n) is 4.42. The molecule has 0 aliphatic heterocycles. The topological polar surface area (TPSA) is 77.0 Å². The van der Waals surface area contributed by atoms with Crippen LogP contribution < -0.4 is 11.1 Å². The fraction of sp³-hybridized carbons (Fsp3) is 0. The second-order valence-electron chi connectivity index (χ2n) is 3.08. The molecule has 2 aromatic rings. The highest BCUT2D eigenvalue weighted by molar-refractivity contribution is 7.81. The molecule has 0 unspecified atom stereocenters. The first kappa shape index (κ1) is 12.1. The van der Waals surface area contributed by atoms with Crippen molar-refractivity contribution in [1.29, 1.82) is 0 Å². The summed E-state index contributed by atoms with van der Waals surface area (Å²) < 4.78 is 4.45. The molecule has 1 aromatic heterocycles. The van der Waals surface area contributed by atoms with Gasteiger partial charge < -0.3 is 11.1 Å². The Bertz CT molecular complexity index is 572. The van der Waals surface area contributed by atoms with E-state index in [2.05, 4.69) is 20.3 Å². The van der Waals surface area contributed by atoms with Crippen LogP contribution in [0.4, 0.5) is 11.5 Å². The highest BCUT2D eigenvalue weighted by Gasteiger charge is 2.13. The van der Waals surface area contributed by atoms with Gasteiger partial charge in [0.2, 0.25) is 0 Å². The summed E-state index contributed by atoms with van der Waals surface area (Å²) in [6.07, 6.45) is 0. The predicted octanol–water partition coefficient (Wildman–Crippen LogP) is 2.75. The lowest BCUT2D eigenvalue weighted by Crippen LogP contribution is -2.13. The maximum absolute atomic E-state index is 5.97. The molecule has 0 saturated heterocycles. The number of benzene rings is 1. The van der Waals surface area contributed by atoms with Crippen molar-refractivity contribution in [3.05, 3.63) is 33.9 Å². The van der Waals surface area contributed by atoms with E-state index in [4.69, 9.17) is 41.2 Å². The Morgan fingerprint density at radius 1 is 1.35 bits per heavy atom. The van der Waals surface area contributed by atoms with Crippen LogP contribution in [0.25, 0.3) is 0 Å². The molecule has 88 valence electrons. The Morgan fingerprint density at radius 2 is 2.12 bits per heavy atom. The molecule has 0 bridgehead atoms. The summed E-state index contributed by atoms with van der Waals surface area (Å²) in [5.74, 6) is 0.112. The van der Waals surface area contributed by atoms with Gasteiger partial charge in [-0.1, -0.05) is 35.4 Å². The monoisotopic (exact) mass is 288 g/mol. The van der Waals surface area contributed by atoms with E-state index in [0.717, 1.165) is 0 Å². The Hall–Kier alpha value is -1.37. The number of nitrogens with one attached hydrogen (secondary N) is 1. The van der Waals surface area contributed by atoms with Crippen molar-refractivity contribution in [3.8, 4) is 0 Å². The minimum atomic E-state index is 0.112. The molecular weight excluding hydrogens is 283 g/mol. The maximum Gasteiger partial charge on any atom is 0.198 e. The smallest absolute Gasteiger partial charge is 0.198 e. The number of hydrogen-bond donors (Lipinski definition) is 2. The van der Waals surface area contributed by atoms with Crippen molar-refractivity contribution < 1.29 is 4.63 Å².